The van der Waals surface area contributed by atoms with Gasteiger partial charge in [-0.05, 0) is 38.7 Å². The third-order valence-electron chi connectivity index (χ3n) is 3.43. The summed E-state index contributed by atoms with van der Waals surface area (Å²) >= 11 is 0. The Bertz CT molecular complexity index is 421. The lowest BCUT2D eigenvalue weighted by molar-refractivity contribution is 0.663. The topological polar surface area (TPSA) is 29.0 Å². The summed E-state index contributed by atoms with van der Waals surface area (Å²) in [6.45, 7) is 4.19. The maximum Gasteiger partial charge on any atom is 0.225 e. The van der Waals surface area contributed by atoms with Gasteiger partial charge in [-0.1, -0.05) is 11.1 Å². The van der Waals surface area contributed by atoms with Gasteiger partial charge >= 0.3 is 0 Å². The van der Waals surface area contributed by atoms with E-state index in [2.05, 4.69) is 14.9 Å². The van der Waals surface area contributed by atoms with Crippen LogP contribution in [0.4, 0.5) is 5.95 Å². The van der Waals surface area contributed by atoms with Crippen molar-refractivity contribution in [3.8, 4) is 0 Å². The largest absolute Gasteiger partial charge is 0.340 e. The number of aromatic nitrogens is 2. The summed E-state index contributed by atoms with van der Waals surface area (Å²) < 4.78 is 0. The molecule has 1 saturated heterocycles. The molecule has 1 aromatic rings. The lowest BCUT2D eigenvalue weighted by Gasteiger charge is -2.28. The molecular weight excluding hydrogens is 198 g/mol. The second-order valence-corrected chi connectivity index (χ2v) is 4.69. The zero-order valence-electron chi connectivity index (χ0n) is 9.74. The first-order valence-electron chi connectivity index (χ1n) is 6.07. The Morgan fingerprint density at radius 2 is 1.75 bits per heavy atom. The van der Waals surface area contributed by atoms with E-state index in [1.54, 1.807) is 11.1 Å². The molecule has 16 heavy (non-hydrogen) atoms. The van der Waals surface area contributed by atoms with Gasteiger partial charge in [-0.2, -0.15) is 0 Å². The van der Waals surface area contributed by atoms with Crippen LogP contribution in [-0.4, -0.2) is 23.1 Å². The fraction of sp³-hybridized carbons (Fsp3) is 0.538. The molecule has 3 nitrogen and oxygen atoms in total. The average molecular weight is 215 g/mol. The summed E-state index contributed by atoms with van der Waals surface area (Å²) in [6, 6.07) is 1.95. The van der Waals surface area contributed by atoms with Crippen molar-refractivity contribution in [1.82, 2.24) is 9.97 Å². The monoisotopic (exact) mass is 215 g/mol. The Morgan fingerprint density at radius 3 is 2.38 bits per heavy atom. The first-order chi connectivity index (χ1) is 7.83. The van der Waals surface area contributed by atoms with Gasteiger partial charge in [-0.3, -0.25) is 0 Å². The van der Waals surface area contributed by atoms with Crippen LogP contribution < -0.4 is 4.90 Å². The number of hydrogen-bond acceptors (Lipinski definition) is 3. The minimum atomic E-state index is 0.903. The molecule has 2 heterocycles. The Kier molecular flexibility index (Phi) is 2.39. The maximum atomic E-state index is 4.48. The van der Waals surface area contributed by atoms with Gasteiger partial charge in [-0.15, -0.1) is 0 Å². The van der Waals surface area contributed by atoms with Crippen LogP contribution in [0.3, 0.4) is 0 Å². The minimum Gasteiger partial charge on any atom is -0.340 e. The van der Waals surface area contributed by atoms with Crippen molar-refractivity contribution in [2.45, 2.75) is 32.6 Å². The predicted molar refractivity (Wildman–Crippen MR) is 64.5 cm³/mol. The smallest absolute Gasteiger partial charge is 0.225 e. The highest BCUT2D eigenvalue weighted by atomic mass is 15.2. The summed E-state index contributed by atoms with van der Waals surface area (Å²) in [5.74, 6) is 0.903. The second-order valence-electron chi connectivity index (χ2n) is 4.69. The van der Waals surface area contributed by atoms with Crippen LogP contribution in [0.1, 0.15) is 31.4 Å². The Hall–Kier alpha value is -1.38. The number of allylic oxidation sites excluding steroid dienone is 1. The van der Waals surface area contributed by atoms with E-state index in [1.165, 1.54) is 25.7 Å². The van der Waals surface area contributed by atoms with E-state index in [9.17, 15) is 0 Å². The van der Waals surface area contributed by atoms with Crippen molar-refractivity contribution in [2.24, 2.45) is 0 Å². The van der Waals surface area contributed by atoms with Crippen molar-refractivity contribution in [1.29, 1.82) is 0 Å². The third kappa shape index (κ3) is 1.94. The van der Waals surface area contributed by atoms with E-state index >= 15 is 0 Å². The van der Waals surface area contributed by atoms with E-state index in [4.69, 9.17) is 0 Å². The summed E-state index contributed by atoms with van der Waals surface area (Å²) in [5.41, 5.74) is 4.49. The van der Waals surface area contributed by atoms with Gasteiger partial charge in [0.1, 0.15) is 0 Å². The number of aryl methyl sites for hydroxylation is 1. The maximum absolute atomic E-state index is 4.48. The number of anilines is 1. The number of rotatable bonds is 1. The van der Waals surface area contributed by atoms with E-state index in [-0.39, 0.29) is 0 Å². The zero-order valence-corrected chi connectivity index (χ0v) is 9.74. The summed E-state index contributed by atoms with van der Waals surface area (Å²) in [4.78, 5) is 11.1. The van der Waals surface area contributed by atoms with Crippen LogP contribution in [-0.2, 0) is 0 Å². The highest BCUT2D eigenvalue weighted by Crippen LogP contribution is 2.36. The third-order valence-corrected chi connectivity index (χ3v) is 3.43. The lowest BCUT2D eigenvalue weighted by atomic mass is 10.0. The second kappa shape index (κ2) is 3.89. The summed E-state index contributed by atoms with van der Waals surface area (Å²) in [5, 5.41) is 0. The van der Waals surface area contributed by atoms with Crippen LogP contribution in [0, 0.1) is 6.92 Å². The molecular formula is C13H17N3. The molecule has 2 aliphatic rings. The molecule has 1 aliphatic heterocycles. The Labute approximate surface area is 96.2 Å². The number of hydrogen-bond donors (Lipinski definition) is 0. The standard InChI is InChI=1S/C13H17N3/c1-10-4-7-14-13(15-10)16-8-5-12(6-9-16)11-2-3-11/h4,7H,2-3,5-6,8-9H2,1H3. The molecule has 0 aromatic carbocycles. The normalized spacial score (nSPS) is 20.2. The SMILES string of the molecule is Cc1ccnc(N2CCC(=C3CC3)CC2)n1. The van der Waals surface area contributed by atoms with Gasteiger partial charge < -0.3 is 4.90 Å². The predicted octanol–water partition coefficient (Wildman–Crippen LogP) is 2.48. The van der Waals surface area contributed by atoms with E-state index < -0.39 is 0 Å². The first-order valence-corrected chi connectivity index (χ1v) is 6.07. The molecule has 3 rings (SSSR count). The van der Waals surface area contributed by atoms with Gasteiger partial charge in [0.2, 0.25) is 5.95 Å². The fourth-order valence-electron chi connectivity index (χ4n) is 2.33. The molecule has 0 atom stereocenters. The Morgan fingerprint density at radius 1 is 1.06 bits per heavy atom. The quantitative estimate of drug-likeness (QED) is 0.674. The lowest BCUT2D eigenvalue weighted by Crippen LogP contribution is -2.32. The molecule has 1 aliphatic carbocycles. The molecule has 0 N–H and O–H groups in total. The molecule has 0 bridgehead atoms. The van der Waals surface area contributed by atoms with E-state index in [1.807, 2.05) is 19.2 Å². The first kappa shape index (κ1) is 9.82. The number of nitrogens with zero attached hydrogens (tertiary/aromatic N) is 3. The van der Waals surface area contributed by atoms with E-state index in [0.717, 1.165) is 24.7 Å². The molecule has 84 valence electrons. The zero-order chi connectivity index (χ0) is 11.0. The summed E-state index contributed by atoms with van der Waals surface area (Å²) in [6.07, 6.45) is 7.00. The molecule has 0 spiro atoms. The highest BCUT2D eigenvalue weighted by Gasteiger charge is 2.22. The molecule has 0 radical (unpaired) electrons. The van der Waals surface area contributed by atoms with Crippen LogP contribution >= 0.6 is 0 Å². The molecule has 0 amide bonds. The van der Waals surface area contributed by atoms with Crippen molar-refractivity contribution >= 4 is 5.95 Å². The van der Waals surface area contributed by atoms with E-state index in [0.29, 0.717) is 0 Å². The van der Waals surface area contributed by atoms with Crippen LogP contribution in [0.15, 0.2) is 23.4 Å². The fourth-order valence-corrected chi connectivity index (χ4v) is 2.33. The molecule has 1 saturated carbocycles. The van der Waals surface area contributed by atoms with Crippen LogP contribution in [0.25, 0.3) is 0 Å². The minimum absolute atomic E-state index is 0.903. The Balaban J connectivity index is 1.71. The van der Waals surface area contributed by atoms with Crippen LogP contribution in [0.5, 0.6) is 0 Å². The van der Waals surface area contributed by atoms with Crippen LogP contribution in [0.2, 0.25) is 0 Å². The van der Waals surface area contributed by atoms with Gasteiger partial charge in [0.25, 0.3) is 0 Å². The van der Waals surface area contributed by atoms with Crippen molar-refractivity contribution in [3.63, 3.8) is 0 Å². The molecule has 3 heteroatoms. The highest BCUT2D eigenvalue weighted by molar-refractivity contribution is 5.35. The van der Waals surface area contributed by atoms with Crippen molar-refractivity contribution in [3.05, 3.63) is 29.1 Å². The number of piperidine rings is 1. The van der Waals surface area contributed by atoms with Gasteiger partial charge in [-0.25, -0.2) is 9.97 Å². The van der Waals surface area contributed by atoms with Crippen molar-refractivity contribution < 1.29 is 0 Å². The molecule has 2 fully saturated rings. The molecule has 1 aromatic heterocycles. The van der Waals surface area contributed by atoms with Gasteiger partial charge in [0.05, 0.1) is 0 Å². The average Bonchev–Trinajstić information content (AvgIpc) is 3.13. The van der Waals surface area contributed by atoms with Gasteiger partial charge in [0, 0.05) is 25.0 Å². The molecule has 0 unspecified atom stereocenters. The summed E-state index contributed by atoms with van der Waals surface area (Å²) in [7, 11) is 0. The van der Waals surface area contributed by atoms with Gasteiger partial charge in [0.15, 0.2) is 0 Å². The van der Waals surface area contributed by atoms with Crippen molar-refractivity contribution in [2.75, 3.05) is 18.0 Å².